The van der Waals surface area contributed by atoms with Crippen LogP contribution in [0.1, 0.15) is 55.4 Å². The van der Waals surface area contributed by atoms with Crippen LogP contribution in [0.3, 0.4) is 0 Å². The molecule has 15 heteroatoms. The van der Waals surface area contributed by atoms with Crippen molar-refractivity contribution < 1.29 is 27.3 Å². The van der Waals surface area contributed by atoms with Gasteiger partial charge in [0.1, 0.15) is 51.3 Å². The van der Waals surface area contributed by atoms with Crippen LogP contribution >= 0.6 is 0 Å². The normalized spacial score (nSPS) is 22.5. The number of fused-ring (bicyclic) bond motifs is 1. The van der Waals surface area contributed by atoms with Gasteiger partial charge in [-0.2, -0.15) is 5.26 Å². The fourth-order valence-electron chi connectivity index (χ4n) is 4.10. The van der Waals surface area contributed by atoms with E-state index in [9.17, 15) is 18.2 Å². The Hall–Kier alpha value is -4.19. The van der Waals surface area contributed by atoms with E-state index < -0.39 is 57.0 Å². The van der Waals surface area contributed by atoms with E-state index in [2.05, 4.69) is 30.0 Å². The van der Waals surface area contributed by atoms with Gasteiger partial charge in [-0.3, -0.25) is 14.4 Å². The zero-order chi connectivity index (χ0) is 29.1. The number of halogens is 2. The summed E-state index contributed by atoms with van der Waals surface area (Å²) in [7, 11) is -3.39. The highest BCUT2D eigenvalue weighted by molar-refractivity contribution is 7.92. The van der Waals surface area contributed by atoms with Gasteiger partial charge in [0, 0.05) is 12.7 Å². The monoisotopic (exact) mass is 574 g/mol. The van der Waals surface area contributed by atoms with E-state index in [1.807, 2.05) is 6.07 Å². The topological polar surface area (TPSA) is 162 Å². The molecule has 0 radical (unpaired) electrons. The van der Waals surface area contributed by atoms with E-state index in [1.165, 1.54) is 28.7 Å². The second-order valence-electron chi connectivity index (χ2n) is 10.2. The van der Waals surface area contributed by atoms with Crippen LogP contribution in [-0.2, 0) is 20.2 Å². The molecule has 2 N–H and O–H groups in total. The first-order valence-electron chi connectivity index (χ1n) is 12.4. The molecule has 0 saturated heterocycles. The molecular weight excluding hydrogens is 546 g/mol. The maximum absolute atomic E-state index is 15.3. The summed E-state index contributed by atoms with van der Waals surface area (Å²) >= 11 is 0. The molecule has 2 atom stereocenters. The summed E-state index contributed by atoms with van der Waals surface area (Å²) in [4.78, 5) is 37.7. The number of carbonyl (C=O) groups is 2. The Labute approximate surface area is 230 Å². The van der Waals surface area contributed by atoms with Crippen molar-refractivity contribution in [1.29, 1.82) is 5.26 Å². The maximum atomic E-state index is 15.3. The van der Waals surface area contributed by atoms with Gasteiger partial charge in [-0.1, -0.05) is 0 Å². The average molecular weight is 575 g/mol. The van der Waals surface area contributed by atoms with Gasteiger partial charge in [-0.25, -0.2) is 37.1 Å². The lowest BCUT2D eigenvalue weighted by Crippen LogP contribution is -2.57. The molecule has 2 aromatic rings. The van der Waals surface area contributed by atoms with Gasteiger partial charge in [0.25, 0.3) is 5.91 Å². The molecule has 2 aliphatic heterocycles. The van der Waals surface area contributed by atoms with Gasteiger partial charge >= 0.3 is 6.09 Å². The number of rotatable bonds is 4. The first-order valence-corrected chi connectivity index (χ1v) is 14.0. The molecule has 212 valence electrons. The summed E-state index contributed by atoms with van der Waals surface area (Å²) in [6, 6.07) is 6.76. The van der Waals surface area contributed by atoms with Gasteiger partial charge < -0.3 is 10.1 Å². The van der Waals surface area contributed by atoms with Crippen molar-refractivity contribution >= 4 is 33.7 Å². The third-order valence-electron chi connectivity index (χ3n) is 5.88. The number of aromatic nitrogens is 2. The van der Waals surface area contributed by atoms with Crippen molar-refractivity contribution in [3.8, 4) is 6.07 Å². The third kappa shape index (κ3) is 6.17. The van der Waals surface area contributed by atoms with Crippen molar-refractivity contribution in [2.45, 2.75) is 44.8 Å². The van der Waals surface area contributed by atoms with E-state index in [0.29, 0.717) is 12.8 Å². The molecule has 0 fully saturated rings. The molecule has 2 aliphatic rings. The highest BCUT2D eigenvalue weighted by Gasteiger charge is 2.48. The van der Waals surface area contributed by atoms with Crippen molar-refractivity contribution in [3.63, 3.8) is 0 Å². The number of hydrogen-bond donors (Lipinski definition) is 2. The van der Waals surface area contributed by atoms with Gasteiger partial charge in [0.15, 0.2) is 5.54 Å². The number of amides is 2. The molecule has 4 heterocycles. The van der Waals surface area contributed by atoms with Crippen LogP contribution in [0.2, 0.25) is 0 Å². The Bertz CT molecular complexity index is 1510. The number of nitrogens with zero attached hydrogens (tertiary/aromatic N) is 6. The van der Waals surface area contributed by atoms with Crippen molar-refractivity contribution in [1.82, 2.24) is 19.6 Å². The average Bonchev–Trinajstić information content (AvgIpc) is 3.09. The lowest BCUT2D eigenvalue weighted by atomic mass is 9.98. The summed E-state index contributed by atoms with van der Waals surface area (Å²) in [5.41, 5.74) is -3.32. The Morgan fingerprint density at radius 2 is 2.00 bits per heavy atom. The fraction of sp³-hybridized carbons (Fsp3) is 0.440. The van der Waals surface area contributed by atoms with E-state index in [-0.39, 0.29) is 36.1 Å². The molecule has 0 bridgehead atoms. The van der Waals surface area contributed by atoms with Gasteiger partial charge in [0.2, 0.25) is 5.96 Å². The summed E-state index contributed by atoms with van der Waals surface area (Å²) < 4.78 is 55.3. The lowest BCUT2D eigenvalue weighted by molar-refractivity contribution is 0.0558. The molecule has 40 heavy (non-hydrogen) atoms. The number of ether oxygens (including phenoxy) is 1. The highest BCUT2D eigenvalue weighted by atomic mass is 32.2. The van der Waals surface area contributed by atoms with Crippen LogP contribution < -0.4 is 10.6 Å². The summed E-state index contributed by atoms with van der Waals surface area (Å²) in [6.07, 6.45) is 1.48. The van der Waals surface area contributed by atoms with Crippen LogP contribution in [0.5, 0.6) is 0 Å². The summed E-state index contributed by atoms with van der Waals surface area (Å²) in [5.74, 6) is -2.62. The number of hydrogen-bond acceptors (Lipinski definition) is 9. The summed E-state index contributed by atoms with van der Waals surface area (Å²) in [6.45, 7) is 4.06. The Morgan fingerprint density at radius 1 is 1.23 bits per heavy atom. The largest absolute Gasteiger partial charge is 0.444 e. The number of anilines is 1. The van der Waals surface area contributed by atoms with Gasteiger partial charge in [0.05, 0.1) is 17.9 Å². The molecule has 0 aromatic carbocycles. The predicted octanol–water partition coefficient (Wildman–Crippen LogP) is 3.28. The predicted molar refractivity (Wildman–Crippen MR) is 142 cm³/mol. The second-order valence-corrected chi connectivity index (χ2v) is 12.4. The van der Waals surface area contributed by atoms with Gasteiger partial charge in [-0.15, -0.1) is 0 Å². The number of nitrogens with one attached hydrogen (secondary N) is 2. The number of nitriles is 1. The Balaban J connectivity index is 1.75. The number of alkyl halides is 1. The fourth-order valence-corrected chi connectivity index (χ4v) is 6.58. The lowest BCUT2D eigenvalue weighted by Gasteiger charge is -2.39. The molecule has 2 aromatic heterocycles. The Kier molecular flexibility index (Phi) is 8.01. The van der Waals surface area contributed by atoms with Crippen molar-refractivity contribution in [2.75, 3.05) is 30.8 Å². The minimum absolute atomic E-state index is 0.0396. The molecule has 4 rings (SSSR count). The highest BCUT2D eigenvalue weighted by Crippen LogP contribution is 2.36. The van der Waals surface area contributed by atoms with Crippen molar-refractivity contribution in [3.05, 3.63) is 53.2 Å². The van der Waals surface area contributed by atoms with Crippen LogP contribution in [-0.4, -0.2) is 67.6 Å². The van der Waals surface area contributed by atoms with Gasteiger partial charge in [-0.05, 0) is 57.9 Å². The number of aliphatic imine (C=N–C) groups is 1. The second kappa shape index (κ2) is 11.1. The minimum Gasteiger partial charge on any atom is -0.444 e. The standard InChI is InChI=1S/C25H28F2N8O4S/c1-24(2,3)39-23(37)33-22-34-25(14-26,15-40(38)30-10-4-5-11-35(22)40)20-17(27)7-9-19(31-20)32-21(36)18-8-6-16(12-28)13-29-18/h6-9,13H,4-5,10-11,14-15H2,1-3H3,(H,31,32,36)(H,33,34,37)/t25-,40+/m0/s1. The van der Waals surface area contributed by atoms with E-state index in [1.54, 1.807) is 20.8 Å². The number of pyridine rings is 2. The van der Waals surface area contributed by atoms with Crippen molar-refractivity contribution in [2.24, 2.45) is 9.36 Å². The number of alkyl carbamates (subject to hydrolysis) is 1. The molecule has 0 saturated carbocycles. The number of carbonyl (C=O) groups excluding carboxylic acids is 2. The van der Waals surface area contributed by atoms with Crippen LogP contribution in [0.15, 0.2) is 39.8 Å². The maximum Gasteiger partial charge on any atom is 0.414 e. The molecule has 2 amide bonds. The van der Waals surface area contributed by atoms with Crippen LogP contribution in [0, 0.1) is 17.1 Å². The molecule has 0 spiro atoms. The van der Waals surface area contributed by atoms with Crippen LogP contribution in [0.4, 0.5) is 19.4 Å². The Morgan fingerprint density at radius 3 is 2.65 bits per heavy atom. The minimum atomic E-state index is -3.39. The molecular formula is C25H28F2N8O4S. The van der Waals surface area contributed by atoms with E-state index >= 15 is 4.39 Å². The zero-order valence-electron chi connectivity index (χ0n) is 22.1. The molecule has 0 unspecified atom stereocenters. The zero-order valence-corrected chi connectivity index (χ0v) is 22.9. The number of guanidine groups is 1. The SMILES string of the molecule is CC(C)(C)OC(=O)NC1=N[C@](CF)(c2nc(NC(=O)c3ccc(C#N)cn3)ccc2F)C[S@@]2(=O)=NCCCCN12. The molecule has 0 aliphatic carbocycles. The summed E-state index contributed by atoms with van der Waals surface area (Å²) in [5, 5.41) is 13.8. The molecule has 12 nitrogen and oxygen atoms in total. The smallest absolute Gasteiger partial charge is 0.414 e. The van der Waals surface area contributed by atoms with E-state index in [4.69, 9.17) is 10.00 Å². The first kappa shape index (κ1) is 28.8. The van der Waals surface area contributed by atoms with Crippen LogP contribution in [0.25, 0.3) is 0 Å². The first-order chi connectivity index (χ1) is 18.9. The quantitative estimate of drug-likeness (QED) is 0.566. The third-order valence-corrected chi connectivity index (χ3v) is 8.36. The van der Waals surface area contributed by atoms with E-state index in [0.717, 1.165) is 6.07 Å².